The fourth-order valence-electron chi connectivity index (χ4n) is 1.58. The van der Waals surface area contributed by atoms with Crippen molar-refractivity contribution in [3.63, 3.8) is 0 Å². The lowest BCUT2D eigenvalue weighted by molar-refractivity contribution is -0.00296. The molecule has 4 nitrogen and oxygen atoms in total. The van der Waals surface area contributed by atoms with Gasteiger partial charge in [0.2, 0.25) is 0 Å². The van der Waals surface area contributed by atoms with E-state index >= 15 is 0 Å². The Kier molecular flexibility index (Phi) is 2.44. The molecular weight excluding hydrogens is 178 g/mol. The molecule has 1 aliphatic heterocycles. The number of aliphatic hydroxyl groups excluding tert-OH is 1. The smallest absolute Gasteiger partial charge is 0.144 e. The highest BCUT2D eigenvalue weighted by Crippen LogP contribution is 2.14. The SMILES string of the molecule is N#Cc1ncccc1CN1CC(O)C1. The van der Waals surface area contributed by atoms with Crippen LogP contribution in [-0.4, -0.2) is 34.2 Å². The van der Waals surface area contributed by atoms with Crippen molar-refractivity contribution in [2.45, 2.75) is 12.6 Å². The van der Waals surface area contributed by atoms with Crippen molar-refractivity contribution >= 4 is 0 Å². The van der Waals surface area contributed by atoms with Gasteiger partial charge in [-0.1, -0.05) is 6.07 Å². The van der Waals surface area contributed by atoms with Crippen molar-refractivity contribution < 1.29 is 5.11 Å². The van der Waals surface area contributed by atoms with Gasteiger partial charge in [0.1, 0.15) is 11.8 Å². The molecule has 1 aromatic rings. The van der Waals surface area contributed by atoms with E-state index in [1.165, 1.54) is 0 Å². The molecule has 0 bridgehead atoms. The molecule has 0 radical (unpaired) electrons. The third kappa shape index (κ3) is 1.74. The van der Waals surface area contributed by atoms with Crippen LogP contribution in [0.25, 0.3) is 0 Å². The number of β-amino-alcohol motifs (C(OH)–C–C–N with tert-alkyl or cyclic N) is 1. The van der Waals surface area contributed by atoms with Gasteiger partial charge in [0.25, 0.3) is 0 Å². The summed E-state index contributed by atoms with van der Waals surface area (Å²) in [6.45, 7) is 2.09. The first-order valence-electron chi connectivity index (χ1n) is 4.54. The molecular formula is C10H11N3O. The van der Waals surface area contributed by atoms with Crippen LogP contribution in [0.1, 0.15) is 11.3 Å². The van der Waals surface area contributed by atoms with Crippen LogP contribution in [0, 0.1) is 11.3 Å². The third-order valence-electron chi connectivity index (χ3n) is 2.33. The third-order valence-corrected chi connectivity index (χ3v) is 2.33. The maximum atomic E-state index is 9.10. The average molecular weight is 189 g/mol. The zero-order valence-electron chi connectivity index (χ0n) is 7.72. The van der Waals surface area contributed by atoms with Crippen LogP contribution in [0.4, 0.5) is 0 Å². The number of hydrogen-bond acceptors (Lipinski definition) is 4. The minimum absolute atomic E-state index is 0.197. The van der Waals surface area contributed by atoms with E-state index in [4.69, 9.17) is 10.4 Å². The van der Waals surface area contributed by atoms with E-state index in [1.54, 1.807) is 6.20 Å². The summed E-state index contributed by atoms with van der Waals surface area (Å²) in [6.07, 6.45) is 1.42. The first-order valence-corrected chi connectivity index (χ1v) is 4.54. The topological polar surface area (TPSA) is 60.2 Å². The molecule has 0 unspecified atom stereocenters. The Labute approximate surface area is 82.4 Å². The van der Waals surface area contributed by atoms with E-state index in [0.717, 1.165) is 5.56 Å². The second-order valence-electron chi connectivity index (χ2n) is 3.47. The van der Waals surface area contributed by atoms with Gasteiger partial charge in [0.05, 0.1) is 6.10 Å². The van der Waals surface area contributed by atoms with Gasteiger partial charge in [-0.2, -0.15) is 5.26 Å². The first-order chi connectivity index (χ1) is 6.79. The minimum atomic E-state index is -0.197. The number of rotatable bonds is 2. The summed E-state index contributed by atoms with van der Waals surface area (Å²) in [6, 6.07) is 5.78. The van der Waals surface area contributed by atoms with Crippen LogP contribution in [0.5, 0.6) is 0 Å². The summed E-state index contributed by atoms with van der Waals surface area (Å²) in [4.78, 5) is 6.06. The van der Waals surface area contributed by atoms with Crippen molar-refractivity contribution in [1.82, 2.24) is 9.88 Å². The normalized spacial score (nSPS) is 17.4. The summed E-state index contributed by atoms with van der Waals surface area (Å²) in [5.74, 6) is 0. The largest absolute Gasteiger partial charge is 0.390 e. The fourth-order valence-corrected chi connectivity index (χ4v) is 1.58. The average Bonchev–Trinajstić information content (AvgIpc) is 2.16. The predicted octanol–water partition coefficient (Wildman–Crippen LogP) is 0.130. The van der Waals surface area contributed by atoms with E-state index in [2.05, 4.69) is 16.0 Å². The zero-order valence-corrected chi connectivity index (χ0v) is 7.72. The van der Waals surface area contributed by atoms with Gasteiger partial charge in [0.15, 0.2) is 0 Å². The molecule has 0 atom stereocenters. The highest BCUT2D eigenvalue weighted by molar-refractivity contribution is 5.30. The van der Waals surface area contributed by atoms with Crippen LogP contribution < -0.4 is 0 Å². The molecule has 1 aromatic heterocycles. The highest BCUT2D eigenvalue weighted by Gasteiger charge is 2.24. The monoisotopic (exact) mass is 189 g/mol. The molecule has 14 heavy (non-hydrogen) atoms. The Morgan fingerprint density at radius 3 is 3.07 bits per heavy atom. The summed E-state index contributed by atoms with van der Waals surface area (Å²) >= 11 is 0. The number of aliphatic hydroxyl groups is 1. The molecule has 0 spiro atoms. The van der Waals surface area contributed by atoms with Crippen LogP contribution >= 0.6 is 0 Å². The molecule has 1 fully saturated rings. The molecule has 1 aliphatic rings. The van der Waals surface area contributed by atoms with Gasteiger partial charge in [-0.05, 0) is 6.07 Å². The number of nitriles is 1. The second kappa shape index (κ2) is 3.74. The lowest BCUT2D eigenvalue weighted by Crippen LogP contribution is -2.49. The van der Waals surface area contributed by atoms with E-state index in [-0.39, 0.29) is 6.10 Å². The highest BCUT2D eigenvalue weighted by atomic mass is 16.3. The number of pyridine rings is 1. The van der Waals surface area contributed by atoms with Crippen molar-refractivity contribution in [2.24, 2.45) is 0 Å². The minimum Gasteiger partial charge on any atom is -0.390 e. The molecule has 2 heterocycles. The fraction of sp³-hybridized carbons (Fsp3) is 0.400. The maximum Gasteiger partial charge on any atom is 0.144 e. The van der Waals surface area contributed by atoms with E-state index in [0.29, 0.717) is 25.3 Å². The van der Waals surface area contributed by atoms with Gasteiger partial charge in [-0.3, -0.25) is 4.90 Å². The van der Waals surface area contributed by atoms with E-state index in [1.807, 2.05) is 12.1 Å². The molecule has 0 aromatic carbocycles. The zero-order chi connectivity index (χ0) is 9.97. The molecule has 2 rings (SSSR count). The van der Waals surface area contributed by atoms with Gasteiger partial charge in [-0.25, -0.2) is 4.98 Å². The maximum absolute atomic E-state index is 9.10. The van der Waals surface area contributed by atoms with Crippen LogP contribution in [0.15, 0.2) is 18.3 Å². The second-order valence-corrected chi connectivity index (χ2v) is 3.47. The molecule has 0 saturated carbocycles. The van der Waals surface area contributed by atoms with Crippen LogP contribution in [0.2, 0.25) is 0 Å². The Morgan fingerprint density at radius 1 is 1.64 bits per heavy atom. The predicted molar refractivity (Wildman–Crippen MR) is 50.2 cm³/mol. The lowest BCUT2D eigenvalue weighted by Gasteiger charge is -2.35. The summed E-state index contributed by atoms with van der Waals surface area (Å²) < 4.78 is 0. The van der Waals surface area contributed by atoms with Crippen molar-refractivity contribution in [2.75, 3.05) is 13.1 Å². The lowest BCUT2D eigenvalue weighted by atomic mass is 10.1. The quantitative estimate of drug-likeness (QED) is 0.718. The number of nitrogens with zero attached hydrogens (tertiary/aromatic N) is 3. The Morgan fingerprint density at radius 2 is 2.43 bits per heavy atom. The van der Waals surface area contributed by atoms with Gasteiger partial charge < -0.3 is 5.11 Å². The molecule has 1 N–H and O–H groups in total. The standard InChI is InChI=1S/C10H11N3O/c11-4-10-8(2-1-3-12-10)5-13-6-9(14)7-13/h1-3,9,14H,5-7H2. The van der Waals surface area contributed by atoms with Crippen molar-refractivity contribution in [3.05, 3.63) is 29.6 Å². The van der Waals surface area contributed by atoms with Crippen LogP contribution in [0.3, 0.4) is 0 Å². The molecule has 0 aliphatic carbocycles. The molecule has 1 saturated heterocycles. The first kappa shape index (κ1) is 9.13. The molecule has 4 heteroatoms. The van der Waals surface area contributed by atoms with Gasteiger partial charge in [0, 0.05) is 31.4 Å². The van der Waals surface area contributed by atoms with E-state index in [9.17, 15) is 0 Å². The summed E-state index contributed by atoms with van der Waals surface area (Å²) in [5.41, 5.74) is 1.41. The Balaban J connectivity index is 2.06. The Hall–Kier alpha value is -1.44. The number of likely N-dealkylation sites (tertiary alicyclic amines) is 1. The van der Waals surface area contributed by atoms with Gasteiger partial charge >= 0.3 is 0 Å². The number of hydrogen-bond donors (Lipinski definition) is 1. The number of aromatic nitrogens is 1. The van der Waals surface area contributed by atoms with Crippen molar-refractivity contribution in [3.8, 4) is 6.07 Å². The van der Waals surface area contributed by atoms with Crippen LogP contribution in [-0.2, 0) is 6.54 Å². The Bertz CT molecular complexity index is 366. The molecule has 72 valence electrons. The molecule has 0 amide bonds. The van der Waals surface area contributed by atoms with Crippen molar-refractivity contribution in [1.29, 1.82) is 5.26 Å². The summed E-state index contributed by atoms with van der Waals surface area (Å²) in [5, 5.41) is 17.9. The summed E-state index contributed by atoms with van der Waals surface area (Å²) in [7, 11) is 0. The van der Waals surface area contributed by atoms with E-state index < -0.39 is 0 Å². The van der Waals surface area contributed by atoms with Gasteiger partial charge in [-0.15, -0.1) is 0 Å².